The first-order valence-electron chi connectivity index (χ1n) is 10.2. The van der Waals surface area contributed by atoms with Crippen LogP contribution in [0.25, 0.3) is 22.0 Å². The molecule has 30 heavy (non-hydrogen) atoms. The standard InChI is InChI=1S/C22H23ClN4O2S/c1-30(28,29)27(18-6-7-18)12-16-10-14(2-8-20(16)23)15-3-9-21-19(11-15)22(25-13-24-21)26-17-4-5-17/h2-3,8-11,13,17-18H,4-7,12H2,1H3,(H,24,25,26). The molecule has 2 fully saturated rings. The number of nitrogens with one attached hydrogen (secondary N) is 1. The van der Waals surface area contributed by atoms with Gasteiger partial charge < -0.3 is 5.32 Å². The zero-order valence-corrected chi connectivity index (χ0v) is 18.2. The van der Waals surface area contributed by atoms with Crippen LogP contribution in [-0.4, -0.2) is 41.0 Å². The molecule has 0 bridgehead atoms. The van der Waals surface area contributed by atoms with Crippen molar-refractivity contribution in [3.05, 3.63) is 53.3 Å². The minimum absolute atomic E-state index is 0.0913. The van der Waals surface area contributed by atoms with Gasteiger partial charge in [0.05, 0.1) is 11.8 Å². The average molecular weight is 443 g/mol. The molecule has 1 heterocycles. The van der Waals surface area contributed by atoms with Gasteiger partial charge in [0.2, 0.25) is 10.0 Å². The largest absolute Gasteiger partial charge is 0.367 e. The summed E-state index contributed by atoms with van der Waals surface area (Å²) in [6.07, 6.45) is 7.01. The molecule has 0 spiro atoms. The van der Waals surface area contributed by atoms with Crippen molar-refractivity contribution < 1.29 is 8.42 Å². The van der Waals surface area contributed by atoms with Crippen LogP contribution >= 0.6 is 11.6 Å². The lowest BCUT2D eigenvalue weighted by molar-refractivity contribution is 0.402. The van der Waals surface area contributed by atoms with Crippen molar-refractivity contribution in [2.45, 2.75) is 44.3 Å². The molecule has 1 N–H and O–H groups in total. The van der Waals surface area contributed by atoms with Crippen molar-refractivity contribution in [2.75, 3.05) is 11.6 Å². The second kappa shape index (κ2) is 7.48. The number of anilines is 1. The molecule has 0 radical (unpaired) electrons. The van der Waals surface area contributed by atoms with Crippen molar-refractivity contribution >= 4 is 38.3 Å². The second-order valence-electron chi connectivity index (χ2n) is 8.22. The molecule has 0 unspecified atom stereocenters. The number of hydrogen-bond donors (Lipinski definition) is 1. The van der Waals surface area contributed by atoms with Crippen LogP contribution in [0.15, 0.2) is 42.7 Å². The van der Waals surface area contributed by atoms with Crippen molar-refractivity contribution in [1.29, 1.82) is 0 Å². The summed E-state index contributed by atoms with van der Waals surface area (Å²) in [6, 6.07) is 12.5. The maximum atomic E-state index is 12.2. The Morgan fingerprint density at radius 1 is 1.07 bits per heavy atom. The van der Waals surface area contributed by atoms with Crippen molar-refractivity contribution in [2.24, 2.45) is 0 Å². The Balaban J connectivity index is 1.51. The van der Waals surface area contributed by atoms with Gasteiger partial charge in [0, 0.05) is 29.0 Å². The van der Waals surface area contributed by atoms with Crippen molar-refractivity contribution in [3.8, 4) is 11.1 Å². The first-order valence-corrected chi connectivity index (χ1v) is 12.4. The first-order chi connectivity index (χ1) is 14.4. The fourth-order valence-corrected chi connectivity index (χ4v) is 5.00. The van der Waals surface area contributed by atoms with E-state index in [9.17, 15) is 8.42 Å². The molecule has 2 saturated carbocycles. The number of nitrogens with zero attached hydrogens (tertiary/aromatic N) is 3. The van der Waals surface area contributed by atoms with Gasteiger partial charge in [-0.15, -0.1) is 0 Å². The number of benzene rings is 2. The lowest BCUT2D eigenvalue weighted by Crippen LogP contribution is -2.31. The molecule has 156 valence electrons. The Morgan fingerprint density at radius 3 is 2.50 bits per heavy atom. The smallest absolute Gasteiger partial charge is 0.211 e. The van der Waals surface area contributed by atoms with Crippen LogP contribution < -0.4 is 5.32 Å². The van der Waals surface area contributed by atoms with E-state index in [-0.39, 0.29) is 6.04 Å². The topological polar surface area (TPSA) is 75.2 Å². The second-order valence-corrected chi connectivity index (χ2v) is 10.6. The van der Waals surface area contributed by atoms with Gasteiger partial charge in [-0.05, 0) is 66.6 Å². The number of fused-ring (bicyclic) bond motifs is 1. The summed E-state index contributed by atoms with van der Waals surface area (Å²) in [5.74, 6) is 0.857. The van der Waals surface area contributed by atoms with Gasteiger partial charge in [0.15, 0.2) is 0 Å². The summed E-state index contributed by atoms with van der Waals surface area (Å²) < 4.78 is 26.0. The highest BCUT2D eigenvalue weighted by Crippen LogP contribution is 2.34. The number of halogens is 1. The van der Waals surface area contributed by atoms with E-state index < -0.39 is 10.0 Å². The Hall–Kier alpha value is -2.22. The van der Waals surface area contributed by atoms with Gasteiger partial charge in [0.1, 0.15) is 12.1 Å². The Bertz CT molecular complexity index is 1220. The quantitative estimate of drug-likeness (QED) is 0.585. The van der Waals surface area contributed by atoms with Gasteiger partial charge in [-0.2, -0.15) is 4.31 Å². The lowest BCUT2D eigenvalue weighted by atomic mass is 10.0. The van der Waals surface area contributed by atoms with Crippen LogP contribution in [0.1, 0.15) is 31.2 Å². The molecular weight excluding hydrogens is 420 g/mol. The molecule has 0 atom stereocenters. The van der Waals surface area contributed by atoms with Gasteiger partial charge in [-0.25, -0.2) is 18.4 Å². The van der Waals surface area contributed by atoms with Crippen LogP contribution in [0.2, 0.25) is 5.02 Å². The van der Waals surface area contributed by atoms with Crippen LogP contribution in [0.4, 0.5) is 5.82 Å². The molecule has 0 saturated heterocycles. The van der Waals surface area contributed by atoms with E-state index >= 15 is 0 Å². The Labute approximate surface area is 181 Å². The number of sulfonamides is 1. The summed E-state index contributed by atoms with van der Waals surface area (Å²) in [7, 11) is -3.28. The zero-order chi connectivity index (χ0) is 20.9. The predicted octanol–water partition coefficient (Wildman–Crippen LogP) is 4.45. The fraction of sp³-hybridized carbons (Fsp3) is 0.364. The van der Waals surface area contributed by atoms with Crippen molar-refractivity contribution in [3.63, 3.8) is 0 Å². The monoisotopic (exact) mass is 442 g/mol. The van der Waals surface area contributed by atoms with Crippen LogP contribution in [0.3, 0.4) is 0 Å². The average Bonchev–Trinajstić information content (AvgIpc) is 3.61. The summed E-state index contributed by atoms with van der Waals surface area (Å²) >= 11 is 6.44. The molecule has 2 aromatic carbocycles. The van der Waals surface area contributed by atoms with E-state index in [0.717, 1.165) is 46.3 Å². The van der Waals surface area contributed by atoms with E-state index in [1.807, 2.05) is 30.3 Å². The fourth-order valence-electron chi connectivity index (χ4n) is 3.70. The number of hydrogen-bond acceptors (Lipinski definition) is 5. The molecule has 5 rings (SSSR count). The molecule has 3 aromatic rings. The molecule has 6 nitrogen and oxygen atoms in total. The van der Waals surface area contributed by atoms with E-state index in [2.05, 4.69) is 21.4 Å². The van der Waals surface area contributed by atoms with E-state index in [4.69, 9.17) is 11.6 Å². The summed E-state index contributed by atoms with van der Waals surface area (Å²) in [4.78, 5) is 8.81. The maximum Gasteiger partial charge on any atom is 0.211 e. The molecule has 1 aromatic heterocycles. The van der Waals surface area contributed by atoms with E-state index in [0.29, 0.717) is 17.6 Å². The van der Waals surface area contributed by atoms with Crippen LogP contribution in [0.5, 0.6) is 0 Å². The first kappa shape index (κ1) is 19.7. The minimum atomic E-state index is -3.28. The summed E-state index contributed by atoms with van der Waals surface area (Å²) in [5, 5.41) is 5.03. The van der Waals surface area contributed by atoms with Crippen LogP contribution in [-0.2, 0) is 16.6 Å². The summed E-state index contributed by atoms with van der Waals surface area (Å²) in [5.41, 5.74) is 3.71. The summed E-state index contributed by atoms with van der Waals surface area (Å²) in [6.45, 7) is 0.293. The molecule has 0 aliphatic heterocycles. The highest BCUT2D eigenvalue weighted by molar-refractivity contribution is 7.88. The Kier molecular flexibility index (Phi) is 4.92. The van der Waals surface area contributed by atoms with Crippen molar-refractivity contribution in [1.82, 2.24) is 14.3 Å². The number of aromatic nitrogens is 2. The van der Waals surface area contributed by atoms with Gasteiger partial charge in [0.25, 0.3) is 0 Å². The Morgan fingerprint density at radius 2 is 1.80 bits per heavy atom. The maximum absolute atomic E-state index is 12.2. The lowest BCUT2D eigenvalue weighted by Gasteiger charge is -2.20. The SMILES string of the molecule is CS(=O)(=O)N(Cc1cc(-c2ccc3ncnc(NC4CC4)c3c2)ccc1Cl)C1CC1. The predicted molar refractivity (Wildman–Crippen MR) is 120 cm³/mol. The molecular formula is C22H23ClN4O2S. The van der Waals surface area contributed by atoms with Gasteiger partial charge in [-0.3, -0.25) is 0 Å². The van der Waals surface area contributed by atoms with Crippen LogP contribution in [0, 0.1) is 0 Å². The third-order valence-corrected chi connectivity index (χ3v) is 7.29. The highest BCUT2D eigenvalue weighted by Gasteiger charge is 2.35. The van der Waals surface area contributed by atoms with Gasteiger partial charge >= 0.3 is 0 Å². The molecule has 2 aliphatic rings. The van der Waals surface area contributed by atoms with E-state index in [1.165, 1.54) is 19.1 Å². The molecule has 2 aliphatic carbocycles. The zero-order valence-electron chi connectivity index (χ0n) is 16.7. The van der Waals surface area contributed by atoms with E-state index in [1.54, 1.807) is 10.6 Å². The molecule has 0 amide bonds. The van der Waals surface area contributed by atoms with Gasteiger partial charge in [-0.1, -0.05) is 23.7 Å². The third-order valence-electron chi connectivity index (χ3n) is 5.64. The molecule has 8 heteroatoms. The highest BCUT2D eigenvalue weighted by atomic mass is 35.5. The minimum Gasteiger partial charge on any atom is -0.367 e. The normalized spacial score (nSPS) is 16.9. The number of rotatable bonds is 7. The third kappa shape index (κ3) is 4.15.